The van der Waals surface area contributed by atoms with Crippen LogP contribution in [0.3, 0.4) is 0 Å². The van der Waals surface area contributed by atoms with Gasteiger partial charge in [0.1, 0.15) is 0 Å². The van der Waals surface area contributed by atoms with Crippen LogP contribution in [-0.4, -0.2) is 5.78 Å². The van der Waals surface area contributed by atoms with Gasteiger partial charge in [-0.15, -0.1) is 0 Å². The molecule has 0 unspecified atom stereocenters. The van der Waals surface area contributed by atoms with E-state index in [4.69, 9.17) is 5.26 Å². The van der Waals surface area contributed by atoms with Crippen molar-refractivity contribution in [1.29, 1.82) is 5.26 Å². The van der Waals surface area contributed by atoms with Gasteiger partial charge in [-0.05, 0) is 13.0 Å². The third-order valence-corrected chi connectivity index (χ3v) is 1.10. The minimum Gasteiger partial charge on any atom is -0.295 e. The summed E-state index contributed by atoms with van der Waals surface area (Å²) < 4.78 is 0. The van der Waals surface area contributed by atoms with Crippen LogP contribution in [0.2, 0.25) is 0 Å². The Balaban J connectivity index is 4.65. The van der Waals surface area contributed by atoms with Gasteiger partial charge in [0.05, 0.1) is 6.07 Å². The molecule has 0 atom stereocenters. The van der Waals surface area contributed by atoms with E-state index < -0.39 is 0 Å². The van der Waals surface area contributed by atoms with Gasteiger partial charge in [0.25, 0.3) is 0 Å². The van der Waals surface area contributed by atoms with Crippen LogP contribution in [0.15, 0.2) is 36.5 Å². The van der Waals surface area contributed by atoms with Gasteiger partial charge < -0.3 is 0 Å². The van der Waals surface area contributed by atoms with Crippen LogP contribution in [-0.2, 0) is 4.79 Å². The highest BCUT2D eigenvalue weighted by molar-refractivity contribution is 5.96. The second-order valence-electron chi connectivity index (χ2n) is 2.00. The molecule has 0 saturated heterocycles. The zero-order valence-electron chi connectivity index (χ0n) is 6.42. The highest BCUT2D eigenvalue weighted by Gasteiger charge is 1.97. The summed E-state index contributed by atoms with van der Waals surface area (Å²) in [5.41, 5.74) is 0.673. The van der Waals surface area contributed by atoms with Gasteiger partial charge in [-0.2, -0.15) is 5.26 Å². The molecule has 56 valence electrons. The van der Waals surface area contributed by atoms with Gasteiger partial charge in [0, 0.05) is 11.1 Å². The number of hydrogen-bond acceptors (Lipinski definition) is 2. The maximum atomic E-state index is 10.7. The van der Waals surface area contributed by atoms with Gasteiger partial charge in [-0.25, -0.2) is 0 Å². The van der Waals surface area contributed by atoms with Gasteiger partial charge >= 0.3 is 0 Å². The lowest BCUT2D eigenvalue weighted by Gasteiger charge is -1.91. The van der Waals surface area contributed by atoms with Crippen LogP contribution in [0, 0.1) is 11.3 Å². The van der Waals surface area contributed by atoms with Crippen molar-refractivity contribution in [3.05, 3.63) is 36.5 Å². The molecule has 0 aromatic heterocycles. The molecule has 0 spiro atoms. The van der Waals surface area contributed by atoms with Gasteiger partial charge in [0.2, 0.25) is 0 Å². The van der Waals surface area contributed by atoms with Crippen molar-refractivity contribution >= 4 is 5.78 Å². The quantitative estimate of drug-likeness (QED) is 0.347. The molecule has 0 N–H and O–H groups in total. The lowest BCUT2D eigenvalue weighted by Crippen LogP contribution is -1.92. The number of ketones is 1. The Hall–Kier alpha value is -1.62. The number of rotatable bonds is 3. The maximum Gasteiger partial charge on any atom is 0.159 e. The summed E-state index contributed by atoms with van der Waals surface area (Å²) in [7, 11) is 0. The van der Waals surface area contributed by atoms with Crippen molar-refractivity contribution in [1.82, 2.24) is 0 Å². The summed E-state index contributed by atoms with van der Waals surface area (Å²) in [5, 5.41) is 8.32. The van der Waals surface area contributed by atoms with E-state index in [1.54, 1.807) is 0 Å². The van der Waals surface area contributed by atoms with Crippen LogP contribution in [0.1, 0.15) is 6.92 Å². The van der Waals surface area contributed by atoms with E-state index in [9.17, 15) is 4.79 Å². The molecule has 0 amide bonds. The van der Waals surface area contributed by atoms with Crippen molar-refractivity contribution in [2.45, 2.75) is 6.92 Å². The summed E-state index contributed by atoms with van der Waals surface area (Å²) in [6, 6.07) is 1.81. The Labute approximate surface area is 66.1 Å². The summed E-state index contributed by atoms with van der Waals surface area (Å²) in [6.07, 6.45) is 2.82. The molecule has 0 aromatic rings. The highest BCUT2D eigenvalue weighted by atomic mass is 16.1. The molecule has 2 heteroatoms. The zero-order valence-corrected chi connectivity index (χ0v) is 6.42. The Bertz CT molecular complexity index is 266. The lowest BCUT2D eigenvalue weighted by atomic mass is 10.1. The molecule has 0 heterocycles. The van der Waals surface area contributed by atoms with E-state index in [-0.39, 0.29) is 11.4 Å². The summed E-state index contributed by atoms with van der Waals surface area (Å²) >= 11 is 0. The second-order valence-corrected chi connectivity index (χ2v) is 2.00. The van der Waals surface area contributed by atoms with E-state index in [0.29, 0.717) is 5.57 Å². The van der Waals surface area contributed by atoms with Crippen molar-refractivity contribution in [2.24, 2.45) is 0 Å². The fraction of sp³-hybridized carbons (Fsp3) is 0.111. The Kier molecular flexibility index (Phi) is 3.61. The fourth-order valence-corrected chi connectivity index (χ4v) is 0.524. The Morgan fingerprint density at radius 3 is 2.45 bits per heavy atom. The third kappa shape index (κ3) is 3.17. The molecule has 0 bridgehead atoms. The molecule has 0 aliphatic rings. The average molecular weight is 147 g/mol. The van der Waals surface area contributed by atoms with E-state index in [0.717, 1.165) is 0 Å². The van der Waals surface area contributed by atoms with Crippen molar-refractivity contribution in [3.63, 3.8) is 0 Å². The zero-order chi connectivity index (χ0) is 8.85. The van der Waals surface area contributed by atoms with E-state index in [1.807, 2.05) is 6.07 Å². The molecule has 0 rings (SSSR count). The number of carbonyl (C=O) groups excluding carboxylic acids is 1. The van der Waals surface area contributed by atoms with E-state index in [1.165, 1.54) is 19.1 Å². The fourth-order valence-electron chi connectivity index (χ4n) is 0.524. The van der Waals surface area contributed by atoms with Crippen molar-refractivity contribution in [3.8, 4) is 6.07 Å². The first-order valence-corrected chi connectivity index (χ1v) is 3.06. The molecule has 0 aromatic carbocycles. The van der Waals surface area contributed by atoms with Gasteiger partial charge in [0.15, 0.2) is 5.78 Å². The molecular weight excluding hydrogens is 138 g/mol. The maximum absolute atomic E-state index is 10.7. The predicted octanol–water partition coefficient (Wildman–Crippen LogP) is 1.77. The first-order valence-electron chi connectivity index (χ1n) is 3.06. The van der Waals surface area contributed by atoms with Crippen LogP contribution in [0.4, 0.5) is 0 Å². The molecule has 0 fully saturated rings. The highest BCUT2D eigenvalue weighted by Crippen LogP contribution is 2.01. The Morgan fingerprint density at radius 2 is 2.18 bits per heavy atom. The largest absolute Gasteiger partial charge is 0.295 e. The minimum atomic E-state index is -0.114. The van der Waals surface area contributed by atoms with Crippen LogP contribution >= 0.6 is 0 Å². The minimum absolute atomic E-state index is 0.114. The Morgan fingerprint density at radius 1 is 1.64 bits per heavy atom. The predicted molar refractivity (Wildman–Crippen MR) is 43.7 cm³/mol. The summed E-state index contributed by atoms with van der Waals surface area (Å²) in [5.74, 6) is -0.114. The molecule has 0 saturated carbocycles. The SMILES string of the molecule is C=C/C(=C\C(=C)C#N)C(C)=O. The second kappa shape index (κ2) is 4.24. The van der Waals surface area contributed by atoms with Crippen LogP contribution in [0.25, 0.3) is 0 Å². The third-order valence-electron chi connectivity index (χ3n) is 1.10. The molecule has 2 nitrogen and oxygen atoms in total. The molecule has 0 radical (unpaired) electrons. The van der Waals surface area contributed by atoms with Crippen LogP contribution in [0.5, 0.6) is 0 Å². The van der Waals surface area contributed by atoms with Crippen LogP contribution < -0.4 is 0 Å². The molecule has 0 aliphatic heterocycles. The van der Waals surface area contributed by atoms with Gasteiger partial charge in [-0.3, -0.25) is 4.79 Å². The number of nitriles is 1. The summed E-state index contributed by atoms with van der Waals surface area (Å²) in [6.45, 7) is 8.25. The topological polar surface area (TPSA) is 40.9 Å². The first kappa shape index (κ1) is 9.38. The monoisotopic (exact) mass is 147 g/mol. The normalized spacial score (nSPS) is 10.0. The number of Topliss-reactive ketones (excluding diaryl/α,β-unsaturated/α-hetero) is 1. The molecular formula is C9H9NO. The molecule has 11 heavy (non-hydrogen) atoms. The summed E-state index contributed by atoms with van der Waals surface area (Å²) in [4.78, 5) is 10.7. The smallest absolute Gasteiger partial charge is 0.159 e. The van der Waals surface area contributed by atoms with E-state index >= 15 is 0 Å². The number of nitrogens with zero attached hydrogens (tertiary/aromatic N) is 1. The van der Waals surface area contributed by atoms with Crippen molar-refractivity contribution in [2.75, 3.05) is 0 Å². The lowest BCUT2D eigenvalue weighted by molar-refractivity contribution is -0.113. The van der Waals surface area contributed by atoms with E-state index in [2.05, 4.69) is 13.2 Å². The first-order chi connectivity index (χ1) is 5.11. The van der Waals surface area contributed by atoms with Gasteiger partial charge in [-0.1, -0.05) is 19.2 Å². The van der Waals surface area contributed by atoms with Crippen molar-refractivity contribution < 1.29 is 4.79 Å². The number of carbonyl (C=O) groups is 1. The number of allylic oxidation sites excluding steroid dienone is 4. The standard InChI is InChI=1S/C9H9NO/c1-4-9(8(3)11)5-7(2)6-10/h4-5H,1-2H2,3H3/b9-5+. The molecule has 0 aliphatic carbocycles. The number of hydrogen-bond donors (Lipinski definition) is 0. The average Bonchev–Trinajstić information content (AvgIpc) is 1.99.